The average molecular weight is 254 g/mol. The van der Waals surface area contributed by atoms with Crippen molar-refractivity contribution in [2.24, 2.45) is 0 Å². The zero-order valence-electron chi connectivity index (χ0n) is 10.2. The average Bonchev–Trinajstić information content (AvgIpc) is 2.86. The quantitative estimate of drug-likeness (QED) is 0.691. The first kappa shape index (κ1) is 13.0. The highest BCUT2D eigenvalue weighted by Gasteiger charge is 2.30. The number of hydrogen-bond acceptors (Lipinski definition) is 4. The highest BCUT2D eigenvalue weighted by atomic mass is 16.5. The molecule has 2 heterocycles. The maximum Gasteiger partial charge on any atom is 0.328 e. The molecule has 1 N–H and O–H groups in total. The molecular weight excluding hydrogens is 236 g/mol. The smallest absolute Gasteiger partial charge is 0.328 e. The van der Waals surface area contributed by atoms with Gasteiger partial charge in [-0.05, 0) is 6.42 Å². The Labute approximate surface area is 106 Å². The van der Waals surface area contributed by atoms with Gasteiger partial charge >= 0.3 is 5.97 Å². The van der Waals surface area contributed by atoms with Crippen LogP contribution in [0, 0.1) is 0 Å². The molecule has 2 rings (SSSR count). The van der Waals surface area contributed by atoms with Crippen molar-refractivity contribution in [3.8, 4) is 0 Å². The van der Waals surface area contributed by atoms with E-state index >= 15 is 0 Å². The fourth-order valence-electron chi connectivity index (χ4n) is 2.43. The number of carbonyl (C=O) groups is 2. The van der Waals surface area contributed by atoms with Crippen molar-refractivity contribution >= 4 is 11.9 Å². The van der Waals surface area contributed by atoms with Crippen LogP contribution in [-0.4, -0.2) is 72.2 Å². The number of likely N-dealkylation sites (tertiary alicyclic amines) is 1. The Hall–Kier alpha value is -1.40. The second-order valence-electron chi connectivity index (χ2n) is 4.55. The standard InChI is InChI=1S/C12H18N2O4/c15-11(1-2-12(16)17)14-4-3-10(9-14)13-5-7-18-8-6-13/h1-2,10H,3-9H2,(H,16,17). The van der Waals surface area contributed by atoms with E-state index < -0.39 is 5.97 Å². The third-order valence-corrected chi connectivity index (χ3v) is 3.41. The maximum absolute atomic E-state index is 11.7. The molecule has 18 heavy (non-hydrogen) atoms. The lowest BCUT2D eigenvalue weighted by atomic mass is 10.2. The van der Waals surface area contributed by atoms with E-state index in [2.05, 4.69) is 4.90 Å². The molecular formula is C12H18N2O4. The molecule has 0 aromatic heterocycles. The van der Waals surface area contributed by atoms with Crippen LogP contribution in [-0.2, 0) is 14.3 Å². The molecule has 1 unspecified atom stereocenters. The first-order valence-electron chi connectivity index (χ1n) is 6.18. The van der Waals surface area contributed by atoms with E-state index in [0.717, 1.165) is 44.9 Å². The summed E-state index contributed by atoms with van der Waals surface area (Å²) in [4.78, 5) is 26.1. The number of nitrogens with zero attached hydrogens (tertiary/aromatic N) is 2. The minimum atomic E-state index is -1.09. The molecule has 2 saturated heterocycles. The number of morpholine rings is 1. The molecule has 0 aromatic rings. The van der Waals surface area contributed by atoms with E-state index in [1.807, 2.05) is 0 Å². The Morgan fingerprint density at radius 2 is 1.89 bits per heavy atom. The Bertz CT molecular complexity index is 350. The molecule has 1 amide bonds. The number of carbonyl (C=O) groups excluding carboxylic acids is 1. The minimum absolute atomic E-state index is 0.215. The predicted molar refractivity (Wildman–Crippen MR) is 64.2 cm³/mol. The summed E-state index contributed by atoms with van der Waals surface area (Å²) in [6.07, 6.45) is 2.97. The van der Waals surface area contributed by atoms with Crippen LogP contribution in [0.4, 0.5) is 0 Å². The number of carboxylic acid groups (broad SMARTS) is 1. The molecule has 2 fully saturated rings. The van der Waals surface area contributed by atoms with Gasteiger partial charge in [0.25, 0.3) is 0 Å². The number of hydrogen-bond donors (Lipinski definition) is 1. The summed E-state index contributed by atoms with van der Waals surface area (Å²) in [6.45, 7) is 4.72. The molecule has 6 nitrogen and oxygen atoms in total. The van der Waals surface area contributed by atoms with E-state index in [1.165, 1.54) is 0 Å². The predicted octanol–water partition coefficient (Wildman–Crippen LogP) is -0.440. The summed E-state index contributed by atoms with van der Waals surface area (Å²) in [6, 6.07) is 0.385. The zero-order valence-corrected chi connectivity index (χ0v) is 10.2. The van der Waals surface area contributed by atoms with E-state index in [1.54, 1.807) is 4.90 Å². The molecule has 100 valence electrons. The second kappa shape index (κ2) is 5.97. The summed E-state index contributed by atoms with van der Waals surface area (Å²) < 4.78 is 5.30. The molecule has 0 aromatic carbocycles. The SMILES string of the molecule is O=C(O)C=CC(=O)N1CCC(N2CCOCC2)C1. The zero-order chi connectivity index (χ0) is 13.0. The summed E-state index contributed by atoms with van der Waals surface area (Å²) >= 11 is 0. The van der Waals surface area contributed by atoms with E-state index in [-0.39, 0.29) is 5.91 Å². The highest BCUT2D eigenvalue weighted by Crippen LogP contribution is 2.17. The van der Waals surface area contributed by atoms with Gasteiger partial charge < -0.3 is 14.7 Å². The van der Waals surface area contributed by atoms with Gasteiger partial charge in [0, 0.05) is 44.4 Å². The van der Waals surface area contributed by atoms with Gasteiger partial charge in [-0.1, -0.05) is 0 Å². The normalized spacial score (nSPS) is 25.8. The van der Waals surface area contributed by atoms with Gasteiger partial charge in [-0.25, -0.2) is 4.79 Å². The minimum Gasteiger partial charge on any atom is -0.478 e. The van der Waals surface area contributed by atoms with Crippen LogP contribution in [0.1, 0.15) is 6.42 Å². The van der Waals surface area contributed by atoms with E-state index in [9.17, 15) is 9.59 Å². The van der Waals surface area contributed by atoms with E-state index in [0.29, 0.717) is 19.1 Å². The van der Waals surface area contributed by atoms with Crippen molar-refractivity contribution in [3.05, 3.63) is 12.2 Å². The van der Waals surface area contributed by atoms with Gasteiger partial charge in [0.2, 0.25) is 5.91 Å². The molecule has 6 heteroatoms. The summed E-state index contributed by atoms with van der Waals surface area (Å²) in [7, 11) is 0. The number of amides is 1. The van der Waals surface area contributed by atoms with Crippen LogP contribution in [0.3, 0.4) is 0 Å². The largest absolute Gasteiger partial charge is 0.478 e. The molecule has 1 atom stereocenters. The second-order valence-corrected chi connectivity index (χ2v) is 4.55. The topological polar surface area (TPSA) is 70.1 Å². The van der Waals surface area contributed by atoms with Gasteiger partial charge in [-0.15, -0.1) is 0 Å². The van der Waals surface area contributed by atoms with Gasteiger partial charge in [-0.3, -0.25) is 9.69 Å². The monoisotopic (exact) mass is 254 g/mol. The Kier molecular flexibility index (Phi) is 4.33. The number of ether oxygens (including phenoxy) is 1. The van der Waals surface area contributed by atoms with Crippen molar-refractivity contribution in [1.82, 2.24) is 9.80 Å². The van der Waals surface area contributed by atoms with Gasteiger partial charge in [0.15, 0.2) is 0 Å². The van der Waals surface area contributed by atoms with Crippen LogP contribution in [0.25, 0.3) is 0 Å². The summed E-state index contributed by atoms with van der Waals surface area (Å²) in [5.41, 5.74) is 0. The van der Waals surface area contributed by atoms with Crippen LogP contribution < -0.4 is 0 Å². The van der Waals surface area contributed by atoms with Crippen molar-refractivity contribution in [1.29, 1.82) is 0 Å². The van der Waals surface area contributed by atoms with Gasteiger partial charge in [0.05, 0.1) is 13.2 Å². The van der Waals surface area contributed by atoms with Gasteiger partial charge in [-0.2, -0.15) is 0 Å². The molecule has 0 aliphatic carbocycles. The lowest BCUT2D eigenvalue weighted by molar-refractivity contribution is -0.132. The number of rotatable bonds is 3. The van der Waals surface area contributed by atoms with Crippen LogP contribution in [0.5, 0.6) is 0 Å². The Morgan fingerprint density at radius 1 is 1.17 bits per heavy atom. The van der Waals surface area contributed by atoms with Crippen LogP contribution in [0.2, 0.25) is 0 Å². The molecule has 0 radical (unpaired) electrons. The molecule has 0 bridgehead atoms. The maximum atomic E-state index is 11.7. The first-order valence-corrected chi connectivity index (χ1v) is 6.18. The lowest BCUT2D eigenvalue weighted by Gasteiger charge is -2.31. The van der Waals surface area contributed by atoms with Crippen LogP contribution in [0.15, 0.2) is 12.2 Å². The third kappa shape index (κ3) is 3.30. The van der Waals surface area contributed by atoms with Crippen molar-refractivity contribution in [3.63, 3.8) is 0 Å². The Morgan fingerprint density at radius 3 is 2.56 bits per heavy atom. The fourth-order valence-corrected chi connectivity index (χ4v) is 2.43. The molecule has 0 spiro atoms. The third-order valence-electron chi connectivity index (χ3n) is 3.41. The van der Waals surface area contributed by atoms with Crippen LogP contribution >= 0.6 is 0 Å². The Balaban J connectivity index is 1.83. The molecule has 2 aliphatic rings. The molecule has 0 saturated carbocycles. The van der Waals surface area contributed by atoms with Crippen molar-refractivity contribution < 1.29 is 19.4 Å². The molecule has 2 aliphatic heterocycles. The first-order chi connectivity index (χ1) is 8.66. The summed E-state index contributed by atoms with van der Waals surface area (Å²) in [5, 5.41) is 8.48. The van der Waals surface area contributed by atoms with Gasteiger partial charge in [0.1, 0.15) is 0 Å². The number of carboxylic acids is 1. The van der Waals surface area contributed by atoms with Crippen molar-refractivity contribution in [2.75, 3.05) is 39.4 Å². The van der Waals surface area contributed by atoms with E-state index in [4.69, 9.17) is 9.84 Å². The lowest BCUT2D eigenvalue weighted by Crippen LogP contribution is -2.45. The number of aliphatic carboxylic acids is 1. The highest BCUT2D eigenvalue weighted by molar-refractivity contribution is 5.94. The van der Waals surface area contributed by atoms with Crippen molar-refractivity contribution in [2.45, 2.75) is 12.5 Å². The fraction of sp³-hybridized carbons (Fsp3) is 0.667. The summed E-state index contributed by atoms with van der Waals surface area (Å²) in [5.74, 6) is -1.31.